The van der Waals surface area contributed by atoms with Gasteiger partial charge in [0.15, 0.2) is 0 Å². The highest BCUT2D eigenvalue weighted by Gasteiger charge is 2.31. The number of nitrogens with zero attached hydrogens (tertiary/aromatic N) is 4. The van der Waals surface area contributed by atoms with Crippen molar-refractivity contribution in [1.82, 2.24) is 14.7 Å². The van der Waals surface area contributed by atoms with Crippen molar-refractivity contribution in [3.05, 3.63) is 58.9 Å². The summed E-state index contributed by atoms with van der Waals surface area (Å²) in [6.07, 6.45) is -0.364. The van der Waals surface area contributed by atoms with Gasteiger partial charge in [-0.2, -0.15) is 22.6 Å². The predicted molar refractivity (Wildman–Crippen MR) is 127 cm³/mol. The van der Waals surface area contributed by atoms with Crippen LogP contribution in [0.15, 0.2) is 52.2 Å². The van der Waals surface area contributed by atoms with Crippen molar-refractivity contribution in [2.75, 3.05) is 18.5 Å². The minimum atomic E-state index is -4.21. The SMILES string of the molecule is C=NN1CCCC(c2ccc(CC(F)(F)F)cc2)C1=NCNC1C/C1=C\Nc1cc(C)ns1. The monoisotopic (exact) mass is 476 g/mol. The molecule has 1 aliphatic carbocycles. The fraction of sp³-hybridized carbons (Fsp3) is 0.435. The first-order valence-corrected chi connectivity index (χ1v) is 11.7. The summed E-state index contributed by atoms with van der Waals surface area (Å²) in [5.74, 6) is 0.785. The summed E-state index contributed by atoms with van der Waals surface area (Å²) in [5, 5.41) is 13.6. The first-order valence-electron chi connectivity index (χ1n) is 10.9. The summed E-state index contributed by atoms with van der Waals surface area (Å²) in [6.45, 7) is 6.80. The molecule has 1 aromatic heterocycles. The van der Waals surface area contributed by atoms with Crippen LogP contribution in [0.2, 0.25) is 0 Å². The third-order valence-electron chi connectivity index (χ3n) is 5.73. The van der Waals surface area contributed by atoms with Crippen molar-refractivity contribution in [1.29, 1.82) is 0 Å². The molecule has 2 fully saturated rings. The number of nitrogens with one attached hydrogen (secondary N) is 2. The van der Waals surface area contributed by atoms with Gasteiger partial charge in [-0.05, 0) is 60.5 Å². The number of alkyl halides is 3. The molecular weight excluding hydrogens is 449 g/mol. The predicted octanol–water partition coefficient (Wildman–Crippen LogP) is 5.07. The second-order valence-corrected chi connectivity index (χ2v) is 9.13. The van der Waals surface area contributed by atoms with Crippen LogP contribution in [0.5, 0.6) is 0 Å². The molecule has 2 N–H and O–H groups in total. The molecule has 1 saturated carbocycles. The van der Waals surface area contributed by atoms with Gasteiger partial charge in [0, 0.05) is 31.4 Å². The topological polar surface area (TPSA) is 64.9 Å². The number of rotatable bonds is 8. The Hall–Kier alpha value is -2.72. The molecule has 0 spiro atoms. The molecule has 0 radical (unpaired) electrons. The maximum atomic E-state index is 12.7. The van der Waals surface area contributed by atoms with E-state index in [4.69, 9.17) is 4.99 Å². The summed E-state index contributed by atoms with van der Waals surface area (Å²) >= 11 is 1.44. The Morgan fingerprint density at radius 2 is 2.09 bits per heavy atom. The standard InChI is InChI=1S/C23H27F3N6S/c1-15-10-21(33-31-15)28-13-18-11-20(18)29-14-30-22-19(4-3-9-32(22)27-2)17-7-5-16(6-8-17)12-23(24,25)26/h5-8,10,13,19-20,28-29H,2-4,9,11-12,14H2,1H3/b18-13+,30-22?. The van der Waals surface area contributed by atoms with Gasteiger partial charge in [-0.15, -0.1) is 0 Å². The maximum Gasteiger partial charge on any atom is 0.393 e. The molecular formula is C23H27F3N6S. The Balaban J connectivity index is 1.38. The van der Waals surface area contributed by atoms with E-state index in [0.717, 1.165) is 47.9 Å². The number of benzene rings is 1. The van der Waals surface area contributed by atoms with Gasteiger partial charge in [0.2, 0.25) is 0 Å². The van der Waals surface area contributed by atoms with Gasteiger partial charge in [0.1, 0.15) is 10.8 Å². The quantitative estimate of drug-likeness (QED) is 0.523. The third-order valence-corrected chi connectivity index (χ3v) is 6.54. The van der Waals surface area contributed by atoms with E-state index in [1.165, 1.54) is 17.1 Å². The average molecular weight is 477 g/mol. The van der Waals surface area contributed by atoms with Crippen molar-refractivity contribution in [2.45, 2.75) is 50.7 Å². The molecule has 2 atom stereocenters. The van der Waals surface area contributed by atoms with Crippen LogP contribution in [-0.4, -0.2) is 47.4 Å². The molecule has 1 aromatic carbocycles. The van der Waals surface area contributed by atoms with Crippen molar-refractivity contribution < 1.29 is 13.2 Å². The van der Waals surface area contributed by atoms with Crippen LogP contribution in [-0.2, 0) is 6.42 Å². The highest BCUT2D eigenvalue weighted by Crippen LogP contribution is 2.32. The normalized spacial score (nSPS) is 23.2. The molecule has 1 aliphatic heterocycles. The number of amidine groups is 1. The van der Waals surface area contributed by atoms with Gasteiger partial charge >= 0.3 is 6.18 Å². The van der Waals surface area contributed by atoms with Crippen molar-refractivity contribution >= 4 is 29.1 Å². The lowest BCUT2D eigenvalue weighted by atomic mass is 9.89. The van der Waals surface area contributed by atoms with Crippen molar-refractivity contribution in [3.8, 4) is 0 Å². The van der Waals surface area contributed by atoms with Crippen LogP contribution in [0.1, 0.15) is 42.0 Å². The van der Waals surface area contributed by atoms with Crippen LogP contribution in [0, 0.1) is 6.92 Å². The van der Waals surface area contributed by atoms with E-state index in [1.54, 1.807) is 29.3 Å². The zero-order chi connectivity index (χ0) is 23.4. The maximum absolute atomic E-state index is 12.7. The second kappa shape index (κ2) is 10.0. The fourth-order valence-corrected chi connectivity index (χ4v) is 4.62. The van der Waals surface area contributed by atoms with Gasteiger partial charge in [0.25, 0.3) is 0 Å². The number of piperidine rings is 1. The first kappa shape index (κ1) is 23.4. The van der Waals surface area contributed by atoms with E-state index < -0.39 is 12.6 Å². The molecule has 2 aromatic rings. The number of aliphatic imine (C=N–C) groups is 1. The lowest BCUT2D eigenvalue weighted by molar-refractivity contribution is -0.127. The zero-order valence-corrected chi connectivity index (χ0v) is 19.2. The van der Waals surface area contributed by atoms with Crippen LogP contribution in [0.3, 0.4) is 0 Å². The number of aryl methyl sites for hydroxylation is 1. The summed E-state index contributed by atoms with van der Waals surface area (Å²) in [6, 6.07) is 8.94. The van der Waals surface area contributed by atoms with E-state index in [1.807, 2.05) is 19.2 Å². The van der Waals surface area contributed by atoms with E-state index in [0.29, 0.717) is 6.67 Å². The number of aromatic nitrogens is 1. The van der Waals surface area contributed by atoms with Gasteiger partial charge in [-0.3, -0.25) is 15.3 Å². The van der Waals surface area contributed by atoms with Crippen LogP contribution in [0.25, 0.3) is 0 Å². The van der Waals surface area contributed by atoms with Gasteiger partial charge in [-0.1, -0.05) is 24.3 Å². The minimum absolute atomic E-state index is 0.0172. The number of halogens is 3. The lowest BCUT2D eigenvalue weighted by Crippen LogP contribution is -2.37. The molecule has 176 valence electrons. The third kappa shape index (κ3) is 6.42. The number of hydrogen-bond acceptors (Lipinski definition) is 6. The second-order valence-electron chi connectivity index (χ2n) is 8.32. The molecule has 2 unspecified atom stereocenters. The Morgan fingerprint density at radius 3 is 2.76 bits per heavy atom. The zero-order valence-electron chi connectivity index (χ0n) is 18.4. The van der Waals surface area contributed by atoms with E-state index >= 15 is 0 Å². The highest BCUT2D eigenvalue weighted by atomic mass is 32.1. The van der Waals surface area contributed by atoms with Crippen LogP contribution >= 0.6 is 11.5 Å². The van der Waals surface area contributed by atoms with Gasteiger partial charge < -0.3 is 5.32 Å². The summed E-state index contributed by atoms with van der Waals surface area (Å²) in [5.41, 5.74) is 3.49. The molecule has 33 heavy (non-hydrogen) atoms. The number of anilines is 1. The summed E-state index contributed by atoms with van der Waals surface area (Å²) in [4.78, 5) is 4.77. The average Bonchev–Trinajstić information content (AvgIpc) is 3.40. The number of hydrazone groups is 1. The van der Waals surface area contributed by atoms with E-state index in [2.05, 4.69) is 26.8 Å². The molecule has 0 bridgehead atoms. The Kier molecular flexibility index (Phi) is 7.14. The molecule has 2 aliphatic rings. The fourth-order valence-electron chi connectivity index (χ4n) is 3.99. The minimum Gasteiger partial charge on any atom is -0.352 e. The van der Waals surface area contributed by atoms with Crippen LogP contribution < -0.4 is 10.6 Å². The largest absolute Gasteiger partial charge is 0.393 e. The summed E-state index contributed by atoms with van der Waals surface area (Å²) in [7, 11) is 0. The molecule has 2 heterocycles. The van der Waals surface area contributed by atoms with Gasteiger partial charge in [0.05, 0.1) is 18.8 Å². The van der Waals surface area contributed by atoms with Crippen molar-refractivity contribution in [3.63, 3.8) is 0 Å². The molecule has 1 saturated heterocycles. The smallest absolute Gasteiger partial charge is 0.352 e. The van der Waals surface area contributed by atoms with Gasteiger partial charge in [-0.25, -0.2) is 0 Å². The number of hydrogen-bond donors (Lipinski definition) is 2. The molecule has 10 heteroatoms. The highest BCUT2D eigenvalue weighted by molar-refractivity contribution is 7.10. The van der Waals surface area contributed by atoms with E-state index in [9.17, 15) is 13.2 Å². The molecule has 4 rings (SSSR count). The Labute approximate surface area is 195 Å². The Bertz CT molecular complexity index is 1030. The van der Waals surface area contributed by atoms with Crippen molar-refractivity contribution in [2.24, 2.45) is 10.1 Å². The van der Waals surface area contributed by atoms with E-state index in [-0.39, 0.29) is 17.5 Å². The summed E-state index contributed by atoms with van der Waals surface area (Å²) < 4.78 is 42.2. The Morgan fingerprint density at radius 1 is 1.30 bits per heavy atom. The lowest BCUT2D eigenvalue weighted by Gasteiger charge is -2.32. The van der Waals surface area contributed by atoms with Crippen LogP contribution in [0.4, 0.5) is 18.2 Å². The molecule has 0 amide bonds. The molecule has 6 nitrogen and oxygen atoms in total. The first-order chi connectivity index (χ1) is 15.8.